The molecule has 0 aliphatic carbocycles. The lowest BCUT2D eigenvalue weighted by atomic mass is 10.1. The van der Waals surface area contributed by atoms with Gasteiger partial charge in [0.15, 0.2) is 0 Å². The van der Waals surface area contributed by atoms with Crippen LogP contribution in [0.25, 0.3) is 0 Å². The molecule has 0 spiro atoms. The Morgan fingerprint density at radius 3 is 2.52 bits per heavy atom. The van der Waals surface area contributed by atoms with E-state index in [1.807, 2.05) is 26.0 Å². The predicted octanol–water partition coefficient (Wildman–Crippen LogP) is 5.49. The normalized spacial score (nSPS) is 12.0. The highest BCUT2D eigenvalue weighted by atomic mass is 35.5. The number of ether oxygens (including phenoxy) is 1. The van der Waals surface area contributed by atoms with Crippen LogP contribution in [0.15, 0.2) is 36.4 Å². The van der Waals surface area contributed by atoms with Gasteiger partial charge in [-0.3, -0.25) is 0 Å². The van der Waals surface area contributed by atoms with Gasteiger partial charge in [0.2, 0.25) is 0 Å². The van der Waals surface area contributed by atoms with E-state index in [0.717, 1.165) is 17.0 Å². The van der Waals surface area contributed by atoms with Crippen LogP contribution in [-0.2, 0) is 0 Å². The van der Waals surface area contributed by atoms with Crippen molar-refractivity contribution in [3.8, 4) is 5.75 Å². The lowest BCUT2D eigenvalue weighted by molar-refractivity contribution is 0.233. The van der Waals surface area contributed by atoms with Crippen molar-refractivity contribution in [1.29, 1.82) is 0 Å². The second-order valence-electron chi connectivity index (χ2n) is 5.21. The zero-order chi connectivity index (χ0) is 15.4. The lowest BCUT2D eigenvalue weighted by Gasteiger charge is -2.18. The zero-order valence-electron chi connectivity index (χ0n) is 12.4. The molecule has 2 rings (SSSR count). The molecule has 112 valence electrons. The van der Waals surface area contributed by atoms with E-state index in [1.54, 1.807) is 6.07 Å². The molecule has 0 radical (unpaired) electrons. The van der Waals surface area contributed by atoms with Gasteiger partial charge in [0.05, 0.1) is 16.6 Å². The second-order valence-corrected chi connectivity index (χ2v) is 6.02. The van der Waals surface area contributed by atoms with Crippen LogP contribution in [-0.4, -0.2) is 12.6 Å². The molecular formula is C17H19Cl2NO. The molecule has 0 saturated carbocycles. The van der Waals surface area contributed by atoms with Crippen LogP contribution in [0.1, 0.15) is 18.1 Å². The average Bonchev–Trinajstić information content (AvgIpc) is 2.44. The molecule has 0 fully saturated rings. The fourth-order valence-corrected chi connectivity index (χ4v) is 2.26. The van der Waals surface area contributed by atoms with Gasteiger partial charge in [-0.1, -0.05) is 35.3 Å². The highest BCUT2D eigenvalue weighted by Crippen LogP contribution is 2.25. The summed E-state index contributed by atoms with van der Waals surface area (Å²) >= 11 is 11.9. The van der Waals surface area contributed by atoms with Gasteiger partial charge in [-0.2, -0.15) is 0 Å². The van der Waals surface area contributed by atoms with Crippen molar-refractivity contribution in [1.82, 2.24) is 0 Å². The van der Waals surface area contributed by atoms with Crippen molar-refractivity contribution in [2.24, 2.45) is 0 Å². The third-order valence-electron chi connectivity index (χ3n) is 3.19. The number of hydrogen-bond donors (Lipinski definition) is 1. The van der Waals surface area contributed by atoms with E-state index in [1.165, 1.54) is 5.56 Å². The molecule has 2 aromatic rings. The summed E-state index contributed by atoms with van der Waals surface area (Å²) in [7, 11) is 0. The SMILES string of the molecule is Cc1ccc(C)c(OC(C)CNc2ccc(Cl)c(Cl)c2)c1. The molecule has 0 heterocycles. The monoisotopic (exact) mass is 323 g/mol. The minimum atomic E-state index is 0.0416. The number of rotatable bonds is 5. The number of aryl methyl sites for hydroxylation is 2. The second kappa shape index (κ2) is 7.06. The van der Waals surface area contributed by atoms with Crippen LogP contribution in [0.4, 0.5) is 5.69 Å². The molecule has 1 unspecified atom stereocenters. The summed E-state index contributed by atoms with van der Waals surface area (Å²) in [5.41, 5.74) is 3.27. The van der Waals surface area contributed by atoms with Crippen molar-refractivity contribution >= 4 is 28.9 Å². The van der Waals surface area contributed by atoms with Crippen LogP contribution in [0, 0.1) is 13.8 Å². The topological polar surface area (TPSA) is 21.3 Å². The first-order valence-electron chi connectivity index (χ1n) is 6.88. The Hall–Kier alpha value is -1.38. The van der Waals surface area contributed by atoms with Crippen molar-refractivity contribution < 1.29 is 4.74 Å². The number of halogens is 2. The molecule has 0 bridgehead atoms. The number of benzene rings is 2. The fourth-order valence-electron chi connectivity index (χ4n) is 1.96. The first-order valence-corrected chi connectivity index (χ1v) is 7.64. The summed E-state index contributed by atoms with van der Waals surface area (Å²) in [6, 6.07) is 11.7. The van der Waals surface area contributed by atoms with Crippen molar-refractivity contribution in [2.45, 2.75) is 26.9 Å². The van der Waals surface area contributed by atoms with Crippen LogP contribution in [0.5, 0.6) is 5.75 Å². The molecular weight excluding hydrogens is 305 g/mol. The quantitative estimate of drug-likeness (QED) is 0.785. The molecule has 2 aromatic carbocycles. The van der Waals surface area contributed by atoms with E-state index in [9.17, 15) is 0 Å². The van der Waals surface area contributed by atoms with Gasteiger partial charge in [-0.15, -0.1) is 0 Å². The van der Waals surface area contributed by atoms with E-state index < -0.39 is 0 Å². The van der Waals surface area contributed by atoms with Gasteiger partial charge < -0.3 is 10.1 Å². The lowest BCUT2D eigenvalue weighted by Crippen LogP contribution is -2.23. The first-order chi connectivity index (χ1) is 9.95. The molecule has 1 N–H and O–H groups in total. The van der Waals surface area contributed by atoms with E-state index in [2.05, 4.69) is 30.4 Å². The van der Waals surface area contributed by atoms with E-state index in [4.69, 9.17) is 27.9 Å². The smallest absolute Gasteiger partial charge is 0.122 e. The van der Waals surface area contributed by atoms with Crippen LogP contribution < -0.4 is 10.1 Å². The van der Waals surface area contributed by atoms with Gasteiger partial charge in [-0.05, 0) is 56.2 Å². The summed E-state index contributed by atoms with van der Waals surface area (Å²) < 4.78 is 5.98. The Kier molecular flexibility index (Phi) is 5.38. The summed E-state index contributed by atoms with van der Waals surface area (Å²) in [4.78, 5) is 0. The van der Waals surface area contributed by atoms with E-state index >= 15 is 0 Å². The third-order valence-corrected chi connectivity index (χ3v) is 3.92. The minimum Gasteiger partial charge on any atom is -0.489 e. The molecule has 0 saturated heterocycles. The zero-order valence-corrected chi connectivity index (χ0v) is 13.9. The van der Waals surface area contributed by atoms with Gasteiger partial charge in [0, 0.05) is 5.69 Å². The van der Waals surface area contributed by atoms with Gasteiger partial charge in [0.25, 0.3) is 0 Å². The highest BCUT2D eigenvalue weighted by molar-refractivity contribution is 6.42. The number of anilines is 1. The van der Waals surface area contributed by atoms with Crippen molar-refractivity contribution in [2.75, 3.05) is 11.9 Å². The van der Waals surface area contributed by atoms with Crippen molar-refractivity contribution in [3.63, 3.8) is 0 Å². The van der Waals surface area contributed by atoms with Crippen LogP contribution >= 0.6 is 23.2 Å². The summed E-state index contributed by atoms with van der Waals surface area (Å²) in [5, 5.41) is 4.40. The molecule has 21 heavy (non-hydrogen) atoms. The summed E-state index contributed by atoms with van der Waals surface area (Å²) in [6.45, 7) is 6.83. The molecule has 1 atom stereocenters. The van der Waals surface area contributed by atoms with Crippen molar-refractivity contribution in [3.05, 3.63) is 57.6 Å². The Labute approximate surface area is 136 Å². The molecule has 0 aliphatic rings. The first kappa shape index (κ1) is 16.0. The Bertz CT molecular complexity index is 628. The summed E-state index contributed by atoms with van der Waals surface area (Å²) in [5.74, 6) is 0.929. The number of hydrogen-bond acceptors (Lipinski definition) is 2. The Morgan fingerprint density at radius 2 is 1.81 bits per heavy atom. The Balaban J connectivity index is 1.94. The average molecular weight is 324 g/mol. The summed E-state index contributed by atoms with van der Waals surface area (Å²) in [6.07, 6.45) is 0.0416. The highest BCUT2D eigenvalue weighted by Gasteiger charge is 2.07. The maximum Gasteiger partial charge on any atom is 0.122 e. The van der Waals surface area contributed by atoms with Crippen LogP contribution in [0.3, 0.4) is 0 Å². The minimum absolute atomic E-state index is 0.0416. The van der Waals surface area contributed by atoms with Gasteiger partial charge >= 0.3 is 0 Å². The standard InChI is InChI=1S/C17H19Cl2NO/c1-11-4-5-12(2)17(8-11)21-13(3)10-20-14-6-7-15(18)16(19)9-14/h4-9,13,20H,10H2,1-3H3. The van der Waals surface area contributed by atoms with Gasteiger partial charge in [0.1, 0.15) is 11.9 Å². The van der Waals surface area contributed by atoms with E-state index in [-0.39, 0.29) is 6.10 Å². The number of nitrogens with one attached hydrogen (secondary N) is 1. The molecule has 4 heteroatoms. The molecule has 0 aliphatic heterocycles. The molecule has 0 aromatic heterocycles. The maximum absolute atomic E-state index is 5.99. The largest absolute Gasteiger partial charge is 0.489 e. The van der Waals surface area contributed by atoms with Crippen LogP contribution in [0.2, 0.25) is 10.0 Å². The predicted molar refractivity (Wildman–Crippen MR) is 91.0 cm³/mol. The van der Waals surface area contributed by atoms with Gasteiger partial charge in [-0.25, -0.2) is 0 Å². The molecule has 2 nitrogen and oxygen atoms in total. The fraction of sp³-hybridized carbons (Fsp3) is 0.294. The molecule has 0 amide bonds. The van der Waals surface area contributed by atoms with E-state index in [0.29, 0.717) is 16.6 Å². The maximum atomic E-state index is 5.99. The third kappa shape index (κ3) is 4.55. The Morgan fingerprint density at radius 1 is 1.05 bits per heavy atom.